The maximum atomic E-state index is 9.82. The number of amides is 1. The van der Waals surface area contributed by atoms with E-state index in [-0.39, 0.29) is 6.04 Å². The Kier molecular flexibility index (Phi) is 3.43. The van der Waals surface area contributed by atoms with Crippen molar-refractivity contribution in [2.24, 2.45) is 0 Å². The molecule has 0 aliphatic heterocycles. The van der Waals surface area contributed by atoms with E-state index in [9.17, 15) is 4.79 Å². The first-order chi connectivity index (χ1) is 3.66. The van der Waals surface area contributed by atoms with Crippen LogP contribution in [0.2, 0.25) is 0 Å². The second kappa shape index (κ2) is 3.60. The van der Waals surface area contributed by atoms with E-state index in [1.807, 2.05) is 0 Å². The standard InChI is InChI=1S/C4H9NO2S/c1-3(2-8)5-4(6)7/h3,5,8H,2H2,1H3,(H,6,7)/t3-/m0/s1. The second-order valence-corrected chi connectivity index (χ2v) is 1.90. The molecule has 0 bridgehead atoms. The molecular weight excluding hydrogens is 126 g/mol. The van der Waals surface area contributed by atoms with Gasteiger partial charge in [0.1, 0.15) is 0 Å². The van der Waals surface area contributed by atoms with Crippen molar-refractivity contribution in [3.8, 4) is 0 Å². The molecule has 0 unspecified atom stereocenters. The van der Waals surface area contributed by atoms with Crippen molar-refractivity contribution in [2.75, 3.05) is 5.75 Å². The molecule has 8 heavy (non-hydrogen) atoms. The summed E-state index contributed by atoms with van der Waals surface area (Å²) in [5.74, 6) is 0.534. The van der Waals surface area contributed by atoms with Crippen molar-refractivity contribution in [1.29, 1.82) is 0 Å². The molecule has 0 radical (unpaired) electrons. The summed E-state index contributed by atoms with van der Waals surface area (Å²) < 4.78 is 0. The third-order valence-electron chi connectivity index (χ3n) is 0.644. The average Bonchev–Trinajstić information content (AvgIpc) is 1.65. The van der Waals surface area contributed by atoms with Crippen LogP contribution in [0.4, 0.5) is 4.79 Å². The highest BCUT2D eigenvalue weighted by molar-refractivity contribution is 7.80. The SMILES string of the molecule is C[C@@H](CS)NC(=O)O. The first-order valence-electron chi connectivity index (χ1n) is 2.27. The molecule has 0 aromatic heterocycles. The molecule has 1 atom stereocenters. The minimum atomic E-state index is -0.994. The zero-order valence-electron chi connectivity index (χ0n) is 4.59. The second-order valence-electron chi connectivity index (χ2n) is 1.53. The Morgan fingerprint density at radius 1 is 2.00 bits per heavy atom. The summed E-state index contributed by atoms with van der Waals surface area (Å²) in [6, 6.07) is -0.0594. The predicted molar refractivity (Wildman–Crippen MR) is 34.5 cm³/mol. The van der Waals surface area contributed by atoms with E-state index >= 15 is 0 Å². The van der Waals surface area contributed by atoms with Gasteiger partial charge in [0, 0.05) is 11.8 Å². The summed E-state index contributed by atoms with van der Waals surface area (Å²) in [6.45, 7) is 1.75. The molecule has 0 heterocycles. The molecule has 1 amide bonds. The van der Waals surface area contributed by atoms with E-state index < -0.39 is 6.09 Å². The fourth-order valence-corrected chi connectivity index (χ4v) is 0.348. The van der Waals surface area contributed by atoms with Crippen LogP contribution in [0.25, 0.3) is 0 Å². The van der Waals surface area contributed by atoms with E-state index in [1.54, 1.807) is 6.92 Å². The Labute approximate surface area is 53.5 Å². The zero-order valence-corrected chi connectivity index (χ0v) is 5.48. The van der Waals surface area contributed by atoms with Gasteiger partial charge in [0.05, 0.1) is 0 Å². The Balaban J connectivity index is 3.24. The summed E-state index contributed by atoms with van der Waals surface area (Å²) in [6.07, 6.45) is -0.994. The van der Waals surface area contributed by atoms with Gasteiger partial charge in [-0.15, -0.1) is 0 Å². The van der Waals surface area contributed by atoms with Crippen LogP contribution in [0.3, 0.4) is 0 Å². The molecule has 48 valence electrons. The van der Waals surface area contributed by atoms with Crippen molar-refractivity contribution in [1.82, 2.24) is 5.32 Å². The van der Waals surface area contributed by atoms with Crippen LogP contribution in [0, 0.1) is 0 Å². The van der Waals surface area contributed by atoms with E-state index in [0.29, 0.717) is 5.75 Å². The summed E-state index contributed by atoms with van der Waals surface area (Å²) >= 11 is 3.86. The van der Waals surface area contributed by atoms with Gasteiger partial charge in [0.15, 0.2) is 0 Å². The molecule has 0 aliphatic carbocycles. The van der Waals surface area contributed by atoms with Gasteiger partial charge < -0.3 is 10.4 Å². The van der Waals surface area contributed by atoms with Crippen LogP contribution < -0.4 is 5.32 Å². The van der Waals surface area contributed by atoms with Crippen LogP contribution in [0.1, 0.15) is 6.92 Å². The predicted octanol–water partition coefficient (Wildman–Crippen LogP) is 0.572. The molecular formula is C4H9NO2S. The Morgan fingerprint density at radius 2 is 2.50 bits per heavy atom. The molecule has 4 heteroatoms. The lowest BCUT2D eigenvalue weighted by molar-refractivity contribution is 0.192. The topological polar surface area (TPSA) is 49.3 Å². The highest BCUT2D eigenvalue weighted by Crippen LogP contribution is 1.83. The lowest BCUT2D eigenvalue weighted by Crippen LogP contribution is -2.32. The van der Waals surface area contributed by atoms with E-state index in [1.165, 1.54) is 0 Å². The average molecular weight is 135 g/mol. The van der Waals surface area contributed by atoms with Gasteiger partial charge in [-0.3, -0.25) is 0 Å². The van der Waals surface area contributed by atoms with Crippen molar-refractivity contribution in [3.05, 3.63) is 0 Å². The largest absolute Gasteiger partial charge is 0.465 e. The van der Waals surface area contributed by atoms with Gasteiger partial charge in [0.25, 0.3) is 0 Å². The molecule has 0 fully saturated rings. The Morgan fingerprint density at radius 3 is 2.62 bits per heavy atom. The maximum absolute atomic E-state index is 9.82. The molecule has 0 aliphatic rings. The van der Waals surface area contributed by atoms with E-state index in [4.69, 9.17) is 5.11 Å². The summed E-state index contributed by atoms with van der Waals surface area (Å²) in [7, 11) is 0. The summed E-state index contributed by atoms with van der Waals surface area (Å²) in [5.41, 5.74) is 0. The number of nitrogens with one attached hydrogen (secondary N) is 1. The smallest absolute Gasteiger partial charge is 0.404 e. The molecule has 0 saturated carbocycles. The molecule has 3 nitrogen and oxygen atoms in total. The minimum absolute atomic E-state index is 0.0594. The van der Waals surface area contributed by atoms with Gasteiger partial charge in [-0.25, -0.2) is 4.79 Å². The number of thiol groups is 1. The van der Waals surface area contributed by atoms with Gasteiger partial charge in [-0.05, 0) is 6.92 Å². The van der Waals surface area contributed by atoms with Crippen LogP contribution in [-0.2, 0) is 0 Å². The van der Waals surface area contributed by atoms with Crippen molar-refractivity contribution < 1.29 is 9.90 Å². The van der Waals surface area contributed by atoms with Crippen LogP contribution in [0.15, 0.2) is 0 Å². The zero-order chi connectivity index (χ0) is 6.57. The third kappa shape index (κ3) is 3.80. The summed E-state index contributed by atoms with van der Waals surface area (Å²) in [4.78, 5) is 9.82. The normalized spacial score (nSPS) is 12.8. The molecule has 0 saturated heterocycles. The monoisotopic (exact) mass is 135 g/mol. The van der Waals surface area contributed by atoms with Crippen molar-refractivity contribution >= 4 is 18.7 Å². The van der Waals surface area contributed by atoms with Crippen molar-refractivity contribution in [3.63, 3.8) is 0 Å². The van der Waals surface area contributed by atoms with Gasteiger partial charge in [0.2, 0.25) is 0 Å². The van der Waals surface area contributed by atoms with E-state index in [0.717, 1.165) is 0 Å². The Hall–Kier alpha value is -0.380. The number of rotatable bonds is 2. The molecule has 0 aromatic rings. The first-order valence-corrected chi connectivity index (χ1v) is 2.90. The Bertz CT molecular complexity index is 86.1. The lowest BCUT2D eigenvalue weighted by atomic mass is 10.4. The van der Waals surface area contributed by atoms with Gasteiger partial charge >= 0.3 is 6.09 Å². The highest BCUT2D eigenvalue weighted by Gasteiger charge is 1.99. The van der Waals surface area contributed by atoms with Crippen molar-refractivity contribution in [2.45, 2.75) is 13.0 Å². The quantitative estimate of drug-likeness (QED) is 0.485. The molecule has 0 spiro atoms. The molecule has 0 rings (SSSR count). The highest BCUT2D eigenvalue weighted by atomic mass is 32.1. The fraction of sp³-hybridized carbons (Fsp3) is 0.750. The van der Waals surface area contributed by atoms with Crippen LogP contribution in [0.5, 0.6) is 0 Å². The summed E-state index contributed by atoms with van der Waals surface area (Å²) in [5, 5.41) is 10.3. The number of carbonyl (C=O) groups is 1. The van der Waals surface area contributed by atoms with E-state index in [2.05, 4.69) is 17.9 Å². The van der Waals surface area contributed by atoms with Crippen LogP contribution >= 0.6 is 12.6 Å². The molecule has 2 N–H and O–H groups in total. The number of hydrogen-bond donors (Lipinski definition) is 3. The lowest BCUT2D eigenvalue weighted by Gasteiger charge is -2.04. The number of hydrogen-bond acceptors (Lipinski definition) is 2. The number of carboxylic acid groups (broad SMARTS) is 1. The first kappa shape index (κ1) is 7.62. The maximum Gasteiger partial charge on any atom is 0.404 e. The minimum Gasteiger partial charge on any atom is -0.465 e. The fourth-order valence-electron chi connectivity index (χ4n) is 0.256. The van der Waals surface area contributed by atoms with Gasteiger partial charge in [-0.1, -0.05) is 0 Å². The van der Waals surface area contributed by atoms with Gasteiger partial charge in [-0.2, -0.15) is 12.6 Å². The molecule has 0 aromatic carbocycles. The van der Waals surface area contributed by atoms with Crippen LogP contribution in [-0.4, -0.2) is 23.0 Å². The third-order valence-corrected chi connectivity index (χ3v) is 1.19.